The number of ether oxygens (including phenoxy) is 2. The van der Waals surface area contributed by atoms with Crippen molar-refractivity contribution in [1.29, 1.82) is 0 Å². The molecule has 2 aromatic rings. The molecule has 0 N–H and O–H groups in total. The zero-order valence-corrected chi connectivity index (χ0v) is 13.2. The zero-order chi connectivity index (χ0) is 17.3. The lowest BCUT2D eigenvalue weighted by Gasteiger charge is -2.08. The molecule has 0 spiro atoms. The van der Waals surface area contributed by atoms with E-state index >= 15 is 0 Å². The average molecular weight is 322 g/mol. The summed E-state index contributed by atoms with van der Waals surface area (Å²) in [5, 5.41) is 0. The van der Waals surface area contributed by atoms with E-state index in [-0.39, 0.29) is 5.78 Å². The predicted octanol–water partition coefficient (Wildman–Crippen LogP) is 3.01. The molecule has 5 heteroatoms. The van der Waals surface area contributed by atoms with Gasteiger partial charge in [-0.3, -0.25) is 9.59 Å². The molecule has 5 nitrogen and oxygen atoms in total. The molecule has 0 bridgehead atoms. The summed E-state index contributed by atoms with van der Waals surface area (Å²) in [7, 11) is 1.30. The summed E-state index contributed by atoms with van der Waals surface area (Å²) < 4.78 is 9.77. The van der Waals surface area contributed by atoms with Crippen molar-refractivity contribution in [1.82, 2.24) is 0 Å². The Morgan fingerprint density at radius 1 is 1.04 bits per heavy atom. The maximum absolute atomic E-state index is 12.6. The molecule has 120 valence electrons. The largest absolute Gasteiger partial charge is 0.466 e. The monoisotopic (exact) mass is 322 g/mol. The number of benzene rings is 2. The predicted molar refractivity (Wildman–Crippen MR) is 87.7 cm³/mol. The highest BCUT2D eigenvalue weighted by atomic mass is 16.5. The minimum atomic E-state index is -0.470. The van der Waals surface area contributed by atoms with Gasteiger partial charge in [0.1, 0.15) is 5.75 Å². The quantitative estimate of drug-likeness (QED) is 0.421. The number of rotatable bonds is 3. The van der Waals surface area contributed by atoms with E-state index in [2.05, 4.69) is 4.74 Å². The van der Waals surface area contributed by atoms with Gasteiger partial charge in [-0.15, -0.1) is 0 Å². The average Bonchev–Trinajstić information content (AvgIpc) is 2.86. The smallest absolute Gasteiger partial charge is 0.330 e. The van der Waals surface area contributed by atoms with Crippen LogP contribution in [-0.2, 0) is 14.3 Å². The van der Waals surface area contributed by atoms with E-state index in [0.717, 1.165) is 0 Å². The second-order valence-electron chi connectivity index (χ2n) is 5.26. The van der Waals surface area contributed by atoms with Gasteiger partial charge in [0.05, 0.1) is 7.11 Å². The van der Waals surface area contributed by atoms with E-state index in [1.54, 1.807) is 42.5 Å². The highest BCUT2D eigenvalue weighted by molar-refractivity contribution is 6.23. The van der Waals surface area contributed by atoms with Gasteiger partial charge >= 0.3 is 11.9 Å². The summed E-state index contributed by atoms with van der Waals surface area (Å²) in [5.74, 6) is -0.684. The van der Waals surface area contributed by atoms with Gasteiger partial charge in [0.2, 0.25) is 0 Å². The van der Waals surface area contributed by atoms with Gasteiger partial charge in [-0.2, -0.15) is 0 Å². The molecule has 0 aliphatic heterocycles. The van der Waals surface area contributed by atoms with E-state index in [1.807, 2.05) is 0 Å². The molecular formula is C19H14O5. The molecule has 0 aromatic heterocycles. The molecule has 0 amide bonds. The molecule has 24 heavy (non-hydrogen) atoms. The molecule has 1 aliphatic rings. The van der Waals surface area contributed by atoms with Crippen molar-refractivity contribution in [2.45, 2.75) is 6.92 Å². The highest BCUT2D eigenvalue weighted by Gasteiger charge is 2.29. The first kappa shape index (κ1) is 15.7. The van der Waals surface area contributed by atoms with Crippen LogP contribution in [0.25, 0.3) is 17.2 Å². The molecule has 0 atom stereocenters. The van der Waals surface area contributed by atoms with Crippen molar-refractivity contribution in [3.63, 3.8) is 0 Å². The minimum absolute atomic E-state index is 0.137. The molecule has 3 rings (SSSR count). The summed E-state index contributed by atoms with van der Waals surface area (Å²) in [6.45, 7) is 1.32. The van der Waals surface area contributed by atoms with Crippen LogP contribution in [0, 0.1) is 0 Å². The Balaban J connectivity index is 2.06. The minimum Gasteiger partial charge on any atom is -0.466 e. The van der Waals surface area contributed by atoms with Gasteiger partial charge in [0.15, 0.2) is 5.78 Å². The standard InChI is InChI=1S/C19H14O5/c1-11(20)24-16-5-3-4-14-18(16)13-8-6-12(7-9-17(21)23-2)10-15(13)19(14)22/h3-10H,1-2H3/b9-7+. The first-order valence-corrected chi connectivity index (χ1v) is 7.28. The Morgan fingerprint density at radius 3 is 2.54 bits per heavy atom. The van der Waals surface area contributed by atoms with Crippen molar-refractivity contribution in [3.8, 4) is 16.9 Å². The molecule has 0 saturated heterocycles. The van der Waals surface area contributed by atoms with Gasteiger partial charge in [0, 0.05) is 29.7 Å². The summed E-state index contributed by atoms with van der Waals surface area (Å²) >= 11 is 0. The van der Waals surface area contributed by atoms with E-state index in [4.69, 9.17) is 4.74 Å². The van der Waals surface area contributed by atoms with Crippen LogP contribution in [0.4, 0.5) is 0 Å². The maximum Gasteiger partial charge on any atom is 0.330 e. The number of fused-ring (bicyclic) bond motifs is 3. The summed E-state index contributed by atoms with van der Waals surface area (Å²) in [6.07, 6.45) is 2.87. The third-order valence-corrected chi connectivity index (χ3v) is 3.70. The third-order valence-electron chi connectivity index (χ3n) is 3.70. The van der Waals surface area contributed by atoms with Crippen LogP contribution in [0.3, 0.4) is 0 Å². The van der Waals surface area contributed by atoms with E-state index < -0.39 is 11.9 Å². The summed E-state index contributed by atoms with van der Waals surface area (Å²) in [5.41, 5.74) is 3.04. The lowest BCUT2D eigenvalue weighted by atomic mass is 10.0. The molecule has 0 saturated carbocycles. The Morgan fingerprint density at radius 2 is 1.83 bits per heavy atom. The fraction of sp³-hybridized carbons (Fsp3) is 0.105. The lowest BCUT2D eigenvalue weighted by Crippen LogP contribution is -2.03. The SMILES string of the molecule is COC(=O)/C=C/c1ccc2c(c1)C(=O)c1cccc(OC(C)=O)c1-2. The van der Waals surface area contributed by atoms with Gasteiger partial charge in [-0.05, 0) is 29.3 Å². The van der Waals surface area contributed by atoms with Crippen LogP contribution in [0.1, 0.15) is 28.4 Å². The van der Waals surface area contributed by atoms with E-state index in [0.29, 0.717) is 33.6 Å². The van der Waals surface area contributed by atoms with Gasteiger partial charge in [-0.25, -0.2) is 4.79 Å². The van der Waals surface area contributed by atoms with Crippen LogP contribution in [-0.4, -0.2) is 24.8 Å². The van der Waals surface area contributed by atoms with Crippen molar-refractivity contribution >= 4 is 23.8 Å². The van der Waals surface area contributed by atoms with Crippen LogP contribution < -0.4 is 4.74 Å². The first-order valence-electron chi connectivity index (χ1n) is 7.28. The number of ketones is 1. The summed E-state index contributed by atoms with van der Waals surface area (Å²) in [4.78, 5) is 35.1. The molecule has 2 aromatic carbocycles. The number of methoxy groups -OCH3 is 1. The Kier molecular flexibility index (Phi) is 4.00. The Hall–Kier alpha value is -3.21. The molecule has 0 fully saturated rings. The molecule has 0 heterocycles. The number of carbonyl (C=O) groups excluding carboxylic acids is 3. The van der Waals surface area contributed by atoms with Crippen LogP contribution in [0.2, 0.25) is 0 Å². The van der Waals surface area contributed by atoms with Crippen molar-refractivity contribution < 1.29 is 23.9 Å². The fourth-order valence-corrected chi connectivity index (χ4v) is 2.69. The van der Waals surface area contributed by atoms with Gasteiger partial charge in [-0.1, -0.05) is 24.3 Å². The highest BCUT2D eigenvalue weighted by Crippen LogP contribution is 2.42. The van der Waals surface area contributed by atoms with Crippen molar-refractivity contribution in [2.24, 2.45) is 0 Å². The number of esters is 2. The number of carbonyl (C=O) groups is 3. The zero-order valence-electron chi connectivity index (χ0n) is 13.2. The second kappa shape index (κ2) is 6.12. The molecule has 0 unspecified atom stereocenters. The number of hydrogen-bond acceptors (Lipinski definition) is 5. The molecule has 0 radical (unpaired) electrons. The van der Waals surface area contributed by atoms with E-state index in [9.17, 15) is 14.4 Å². The number of hydrogen-bond donors (Lipinski definition) is 0. The van der Waals surface area contributed by atoms with Crippen molar-refractivity contribution in [3.05, 3.63) is 59.2 Å². The van der Waals surface area contributed by atoms with Crippen LogP contribution in [0.5, 0.6) is 5.75 Å². The lowest BCUT2D eigenvalue weighted by molar-refractivity contribution is -0.135. The Labute approximate surface area is 138 Å². The molecular weight excluding hydrogens is 308 g/mol. The second-order valence-corrected chi connectivity index (χ2v) is 5.26. The third kappa shape index (κ3) is 2.72. The topological polar surface area (TPSA) is 69.7 Å². The van der Waals surface area contributed by atoms with Crippen molar-refractivity contribution in [2.75, 3.05) is 7.11 Å². The fourth-order valence-electron chi connectivity index (χ4n) is 2.69. The summed E-state index contributed by atoms with van der Waals surface area (Å²) in [6, 6.07) is 10.3. The molecule has 1 aliphatic carbocycles. The normalized spacial score (nSPS) is 12.0. The van der Waals surface area contributed by atoms with Gasteiger partial charge in [0.25, 0.3) is 0 Å². The Bertz CT molecular complexity index is 893. The van der Waals surface area contributed by atoms with Crippen LogP contribution in [0.15, 0.2) is 42.5 Å². The van der Waals surface area contributed by atoms with E-state index in [1.165, 1.54) is 20.1 Å². The van der Waals surface area contributed by atoms with Crippen LogP contribution >= 0.6 is 0 Å². The van der Waals surface area contributed by atoms with Gasteiger partial charge < -0.3 is 9.47 Å². The first-order chi connectivity index (χ1) is 11.5. The maximum atomic E-state index is 12.6.